The van der Waals surface area contributed by atoms with Gasteiger partial charge in [-0.05, 0) is 65.8 Å². The predicted octanol–water partition coefficient (Wildman–Crippen LogP) is 4.19. The Morgan fingerprint density at radius 2 is 2.20 bits per heavy atom. The Balaban J connectivity index is 1.38. The van der Waals surface area contributed by atoms with Gasteiger partial charge in [0.25, 0.3) is 0 Å². The second-order valence-corrected chi connectivity index (χ2v) is 10.1. The van der Waals surface area contributed by atoms with Gasteiger partial charge in [0.05, 0.1) is 30.8 Å². The minimum absolute atomic E-state index is 0.0515. The molecule has 5 rings (SSSR count). The third kappa shape index (κ3) is 3.39. The van der Waals surface area contributed by atoms with Crippen molar-refractivity contribution in [3.8, 4) is 0 Å². The number of hydrogen-bond donors (Lipinski definition) is 1. The van der Waals surface area contributed by atoms with E-state index in [4.69, 9.17) is 4.74 Å². The molecule has 2 aliphatic carbocycles. The summed E-state index contributed by atoms with van der Waals surface area (Å²) in [6.45, 7) is 1.84. The number of rotatable bonds is 5. The molecule has 6 nitrogen and oxygen atoms in total. The molecule has 1 aromatic heterocycles. The number of nitrogens with zero attached hydrogens (tertiary/aromatic N) is 2. The van der Waals surface area contributed by atoms with Crippen LogP contribution < -0.4 is 5.32 Å². The SMILES string of the molecule is COC(=O)C1=C(C)N=C2SC=C(CC(=O)N[C@H]3C[C@H]4CC[C@H]3C4)N2[C@H]1c1ccsc1. The molecule has 0 spiro atoms. The van der Waals surface area contributed by atoms with E-state index in [9.17, 15) is 9.59 Å². The first-order chi connectivity index (χ1) is 14.5. The molecule has 0 radical (unpaired) electrons. The Bertz CT molecular complexity index is 966. The molecule has 3 heterocycles. The zero-order valence-electron chi connectivity index (χ0n) is 17.1. The van der Waals surface area contributed by atoms with Crippen molar-refractivity contribution >= 4 is 40.1 Å². The highest BCUT2D eigenvalue weighted by atomic mass is 32.2. The molecule has 2 bridgehead atoms. The lowest BCUT2D eigenvalue weighted by atomic mass is 9.95. The van der Waals surface area contributed by atoms with Gasteiger partial charge in [0.15, 0.2) is 5.17 Å². The van der Waals surface area contributed by atoms with Gasteiger partial charge in [-0.1, -0.05) is 18.2 Å². The lowest BCUT2D eigenvalue weighted by molar-refractivity contribution is -0.136. The summed E-state index contributed by atoms with van der Waals surface area (Å²) in [6, 6.07) is 2.01. The first kappa shape index (κ1) is 19.9. The number of hydrogen-bond acceptors (Lipinski definition) is 7. The lowest BCUT2D eigenvalue weighted by Crippen LogP contribution is -2.41. The van der Waals surface area contributed by atoms with Gasteiger partial charge in [-0.25, -0.2) is 9.79 Å². The van der Waals surface area contributed by atoms with Crippen LogP contribution in [0.5, 0.6) is 0 Å². The fourth-order valence-electron chi connectivity index (χ4n) is 5.33. The van der Waals surface area contributed by atoms with Crippen LogP contribution in [0.4, 0.5) is 0 Å². The van der Waals surface area contributed by atoms with Crippen LogP contribution in [-0.4, -0.2) is 35.1 Å². The quantitative estimate of drug-likeness (QED) is 0.691. The van der Waals surface area contributed by atoms with Crippen LogP contribution in [0.1, 0.15) is 50.6 Å². The van der Waals surface area contributed by atoms with E-state index in [1.807, 2.05) is 34.1 Å². The summed E-state index contributed by atoms with van der Waals surface area (Å²) >= 11 is 3.09. The summed E-state index contributed by atoms with van der Waals surface area (Å²) in [4.78, 5) is 32.2. The fourth-order valence-corrected chi connectivity index (χ4v) is 6.97. The molecule has 0 unspecified atom stereocenters. The van der Waals surface area contributed by atoms with Gasteiger partial charge < -0.3 is 15.0 Å². The van der Waals surface area contributed by atoms with E-state index in [1.165, 1.54) is 38.1 Å². The normalized spacial score (nSPS) is 29.6. The monoisotopic (exact) mass is 443 g/mol. The molecular weight excluding hydrogens is 418 g/mol. The van der Waals surface area contributed by atoms with Gasteiger partial charge in [-0.15, -0.1) is 0 Å². The number of methoxy groups -OCH3 is 1. The first-order valence-electron chi connectivity index (χ1n) is 10.4. The van der Waals surface area contributed by atoms with Gasteiger partial charge in [0, 0.05) is 11.7 Å². The summed E-state index contributed by atoms with van der Waals surface area (Å²) in [6.07, 6.45) is 5.22. The van der Waals surface area contributed by atoms with Crippen LogP contribution in [0.25, 0.3) is 0 Å². The lowest BCUT2D eigenvalue weighted by Gasteiger charge is -2.35. The largest absolute Gasteiger partial charge is 0.466 e. The maximum Gasteiger partial charge on any atom is 0.338 e. The van der Waals surface area contributed by atoms with E-state index in [1.54, 1.807) is 11.3 Å². The van der Waals surface area contributed by atoms with Gasteiger partial charge in [-0.2, -0.15) is 11.3 Å². The molecule has 1 N–H and O–H groups in total. The maximum absolute atomic E-state index is 12.9. The number of amidine groups is 1. The molecule has 4 aliphatic rings. The maximum atomic E-state index is 12.9. The van der Waals surface area contributed by atoms with E-state index >= 15 is 0 Å². The van der Waals surface area contributed by atoms with Crippen molar-refractivity contribution in [2.75, 3.05) is 7.11 Å². The second-order valence-electron chi connectivity index (χ2n) is 8.47. The molecule has 8 heteroatoms. The van der Waals surface area contributed by atoms with Crippen LogP contribution >= 0.6 is 23.1 Å². The number of thiophene rings is 1. The van der Waals surface area contributed by atoms with Crippen LogP contribution in [0.2, 0.25) is 0 Å². The zero-order valence-corrected chi connectivity index (χ0v) is 18.7. The number of thioether (sulfide) groups is 1. The number of ether oxygens (including phenoxy) is 1. The number of esters is 1. The zero-order chi connectivity index (χ0) is 20.8. The molecular formula is C22H25N3O3S2. The number of nitrogens with one attached hydrogen (secondary N) is 1. The van der Waals surface area contributed by atoms with Crippen molar-refractivity contribution in [3.05, 3.63) is 44.8 Å². The van der Waals surface area contributed by atoms with Gasteiger partial charge in [-0.3, -0.25) is 4.79 Å². The minimum atomic E-state index is -0.380. The number of fused-ring (bicyclic) bond motifs is 3. The molecule has 0 saturated heterocycles. The molecule has 4 atom stereocenters. The Hall–Kier alpha value is -2.06. The summed E-state index contributed by atoms with van der Waals surface area (Å²) in [5, 5.41) is 10.1. The highest BCUT2D eigenvalue weighted by Crippen LogP contribution is 2.46. The Kier molecular flexibility index (Phi) is 5.23. The second kappa shape index (κ2) is 7.89. The van der Waals surface area contributed by atoms with Gasteiger partial charge in [0.1, 0.15) is 0 Å². The smallest absolute Gasteiger partial charge is 0.338 e. The topological polar surface area (TPSA) is 71.0 Å². The van der Waals surface area contributed by atoms with E-state index in [-0.39, 0.29) is 24.3 Å². The van der Waals surface area contributed by atoms with Crippen molar-refractivity contribution < 1.29 is 14.3 Å². The first-order valence-corrected chi connectivity index (χ1v) is 12.2. The number of carbonyl (C=O) groups is 2. The Labute approximate surface area is 184 Å². The average Bonchev–Trinajstić information content (AvgIpc) is 3.51. The molecule has 30 heavy (non-hydrogen) atoms. The number of amides is 1. The highest BCUT2D eigenvalue weighted by molar-refractivity contribution is 8.16. The molecule has 1 aromatic rings. The van der Waals surface area contributed by atoms with Gasteiger partial charge in [0.2, 0.25) is 5.91 Å². The van der Waals surface area contributed by atoms with E-state index < -0.39 is 0 Å². The standard InChI is InChI=1S/C22H25N3O3S2/c1-12-19(21(27)28-2)20(15-5-6-29-10-15)25-16(11-30-22(25)23-12)9-18(26)24-17-8-13-3-4-14(17)7-13/h5-6,10-11,13-14,17,20H,3-4,7-9H2,1-2H3,(H,24,26)/t13-,14-,17-,20-/m0/s1. The average molecular weight is 444 g/mol. The molecule has 2 fully saturated rings. The number of allylic oxidation sites excluding steroid dienone is 1. The van der Waals surface area contributed by atoms with Crippen LogP contribution in [0.15, 0.2) is 44.2 Å². The van der Waals surface area contributed by atoms with Crippen molar-refractivity contribution in [3.63, 3.8) is 0 Å². The summed E-state index contributed by atoms with van der Waals surface area (Å²) in [7, 11) is 1.39. The molecule has 2 aliphatic heterocycles. The highest BCUT2D eigenvalue weighted by Gasteiger charge is 2.43. The van der Waals surface area contributed by atoms with Crippen LogP contribution in [0, 0.1) is 11.8 Å². The van der Waals surface area contributed by atoms with Crippen LogP contribution in [-0.2, 0) is 14.3 Å². The van der Waals surface area contributed by atoms with Crippen molar-refractivity contribution in [2.45, 2.75) is 51.1 Å². The Morgan fingerprint density at radius 1 is 1.33 bits per heavy atom. The number of carbonyl (C=O) groups excluding carboxylic acids is 2. The predicted molar refractivity (Wildman–Crippen MR) is 119 cm³/mol. The third-order valence-corrected chi connectivity index (χ3v) is 8.28. The number of aliphatic imine (C=N–C) groups is 1. The molecule has 158 valence electrons. The summed E-state index contributed by atoms with van der Waals surface area (Å²) < 4.78 is 5.08. The Morgan fingerprint density at radius 3 is 2.87 bits per heavy atom. The molecule has 0 aromatic carbocycles. The summed E-state index contributed by atoms with van der Waals surface area (Å²) in [5.41, 5.74) is 3.08. The summed E-state index contributed by atoms with van der Waals surface area (Å²) in [5.74, 6) is 1.11. The molecule has 2 saturated carbocycles. The minimum Gasteiger partial charge on any atom is -0.466 e. The molecule has 1 amide bonds. The van der Waals surface area contributed by atoms with E-state index in [0.29, 0.717) is 23.2 Å². The van der Waals surface area contributed by atoms with Crippen LogP contribution in [0.3, 0.4) is 0 Å². The fraction of sp³-hybridized carbons (Fsp3) is 0.500. The van der Waals surface area contributed by atoms with Crippen molar-refractivity contribution in [1.29, 1.82) is 0 Å². The van der Waals surface area contributed by atoms with Crippen molar-refractivity contribution in [1.82, 2.24) is 10.2 Å². The van der Waals surface area contributed by atoms with E-state index in [2.05, 4.69) is 10.3 Å². The van der Waals surface area contributed by atoms with Crippen molar-refractivity contribution in [2.24, 2.45) is 16.8 Å². The van der Waals surface area contributed by atoms with E-state index in [0.717, 1.165) is 28.8 Å². The van der Waals surface area contributed by atoms with Gasteiger partial charge >= 0.3 is 5.97 Å². The third-order valence-electron chi connectivity index (χ3n) is 6.69.